The van der Waals surface area contributed by atoms with Crippen LogP contribution in [0.15, 0.2) is 48.5 Å². The van der Waals surface area contributed by atoms with Gasteiger partial charge < -0.3 is 15.0 Å². The van der Waals surface area contributed by atoms with Crippen LogP contribution < -0.4 is 14.4 Å². The smallest absolute Gasteiger partial charge is 0.244 e. The Bertz CT molecular complexity index is 1110. The summed E-state index contributed by atoms with van der Waals surface area (Å²) in [5.41, 5.74) is 0.534. The number of sulfonamides is 1. The number of hydrogen-bond acceptors (Lipinski definition) is 5. The molecule has 1 atom stereocenters. The lowest BCUT2D eigenvalue weighted by molar-refractivity contribution is -0.140. The molecule has 0 fully saturated rings. The number of anilines is 1. The van der Waals surface area contributed by atoms with Gasteiger partial charge >= 0.3 is 0 Å². The van der Waals surface area contributed by atoms with E-state index in [2.05, 4.69) is 5.32 Å². The molecule has 2 amide bonds. The van der Waals surface area contributed by atoms with Gasteiger partial charge in [0.15, 0.2) is 0 Å². The van der Waals surface area contributed by atoms with E-state index in [1.165, 1.54) is 24.1 Å². The molecule has 0 unspecified atom stereocenters. The third kappa shape index (κ3) is 7.92. The fraction of sp³-hybridized carbons (Fsp3) is 0.417. The van der Waals surface area contributed by atoms with E-state index in [0.717, 1.165) is 16.1 Å². The Hall–Kier alpha value is -2.78. The first-order valence-corrected chi connectivity index (χ1v) is 12.9. The van der Waals surface area contributed by atoms with Gasteiger partial charge in [-0.2, -0.15) is 0 Å². The first kappa shape index (κ1) is 27.5. The van der Waals surface area contributed by atoms with Gasteiger partial charge in [0.25, 0.3) is 0 Å². The van der Waals surface area contributed by atoms with Crippen LogP contribution in [0.5, 0.6) is 5.75 Å². The topological polar surface area (TPSA) is 96.0 Å². The molecule has 186 valence electrons. The Morgan fingerprint density at radius 1 is 1.12 bits per heavy atom. The molecule has 10 heteroatoms. The van der Waals surface area contributed by atoms with Crippen molar-refractivity contribution in [2.45, 2.75) is 45.8 Å². The van der Waals surface area contributed by atoms with Crippen molar-refractivity contribution in [2.24, 2.45) is 0 Å². The van der Waals surface area contributed by atoms with Crippen LogP contribution in [0, 0.1) is 0 Å². The summed E-state index contributed by atoms with van der Waals surface area (Å²) in [6, 6.07) is 12.4. The number of nitrogens with one attached hydrogen (secondary N) is 1. The van der Waals surface area contributed by atoms with Crippen molar-refractivity contribution in [2.75, 3.05) is 24.2 Å². The highest BCUT2D eigenvalue weighted by Gasteiger charge is 2.31. The lowest BCUT2D eigenvalue weighted by Gasteiger charge is -2.33. The predicted octanol–water partition coefficient (Wildman–Crippen LogP) is 3.45. The van der Waals surface area contributed by atoms with Crippen LogP contribution in [-0.4, -0.2) is 56.6 Å². The van der Waals surface area contributed by atoms with Gasteiger partial charge in [-0.25, -0.2) is 8.42 Å². The van der Waals surface area contributed by atoms with Gasteiger partial charge in [0.2, 0.25) is 21.8 Å². The van der Waals surface area contributed by atoms with Gasteiger partial charge in [0.1, 0.15) is 18.3 Å². The summed E-state index contributed by atoms with van der Waals surface area (Å²) in [7, 11) is -2.26. The zero-order chi connectivity index (χ0) is 25.7. The highest BCUT2D eigenvalue weighted by atomic mass is 35.5. The number of nitrogens with zero attached hydrogens (tertiary/aromatic N) is 2. The first-order valence-electron chi connectivity index (χ1n) is 10.7. The molecular weight excluding hydrogens is 478 g/mol. The third-order valence-corrected chi connectivity index (χ3v) is 6.34. The number of ether oxygens (including phenoxy) is 1. The number of rotatable bonds is 9. The molecule has 0 saturated carbocycles. The van der Waals surface area contributed by atoms with Crippen LogP contribution in [0.2, 0.25) is 5.02 Å². The lowest BCUT2D eigenvalue weighted by Crippen LogP contribution is -2.54. The minimum absolute atomic E-state index is 0.0903. The molecule has 0 saturated heterocycles. The van der Waals surface area contributed by atoms with Crippen LogP contribution in [0.1, 0.15) is 33.3 Å². The van der Waals surface area contributed by atoms with E-state index in [4.69, 9.17) is 16.3 Å². The van der Waals surface area contributed by atoms with E-state index in [1.807, 2.05) is 26.8 Å². The lowest BCUT2D eigenvalue weighted by atomic mass is 10.1. The number of carbonyl (C=O) groups excluding carboxylic acids is 2. The monoisotopic (exact) mass is 509 g/mol. The minimum Gasteiger partial charge on any atom is -0.497 e. The van der Waals surface area contributed by atoms with Gasteiger partial charge in [0.05, 0.1) is 19.1 Å². The molecule has 2 aromatic carbocycles. The molecule has 0 spiro atoms. The summed E-state index contributed by atoms with van der Waals surface area (Å²) in [5.74, 6) is -0.267. The van der Waals surface area contributed by atoms with Crippen LogP contribution in [0.3, 0.4) is 0 Å². The predicted molar refractivity (Wildman–Crippen MR) is 135 cm³/mol. The van der Waals surface area contributed by atoms with Gasteiger partial charge in [-0.3, -0.25) is 13.9 Å². The molecule has 0 heterocycles. The fourth-order valence-corrected chi connectivity index (χ4v) is 4.22. The largest absolute Gasteiger partial charge is 0.497 e. The summed E-state index contributed by atoms with van der Waals surface area (Å²) in [6.07, 6.45) is 1.02. The third-order valence-electron chi connectivity index (χ3n) is 4.95. The van der Waals surface area contributed by atoms with Crippen molar-refractivity contribution >= 4 is 39.1 Å². The van der Waals surface area contributed by atoms with Crippen LogP contribution >= 0.6 is 11.6 Å². The Labute approximate surface area is 206 Å². The van der Waals surface area contributed by atoms with Gasteiger partial charge in [-0.15, -0.1) is 0 Å². The Morgan fingerprint density at radius 2 is 1.74 bits per heavy atom. The zero-order valence-electron chi connectivity index (χ0n) is 20.3. The van der Waals surface area contributed by atoms with Crippen molar-refractivity contribution in [3.05, 3.63) is 59.1 Å². The Kier molecular flexibility index (Phi) is 8.96. The first-order chi connectivity index (χ1) is 15.7. The van der Waals surface area contributed by atoms with Crippen molar-refractivity contribution in [1.29, 1.82) is 0 Å². The maximum Gasteiger partial charge on any atom is 0.244 e. The maximum absolute atomic E-state index is 13.5. The number of hydrogen-bond donors (Lipinski definition) is 1. The van der Waals surface area contributed by atoms with E-state index >= 15 is 0 Å². The number of halogens is 1. The van der Waals surface area contributed by atoms with E-state index in [9.17, 15) is 18.0 Å². The molecule has 0 aromatic heterocycles. The van der Waals surface area contributed by atoms with Crippen molar-refractivity contribution in [3.8, 4) is 5.75 Å². The SMILES string of the molecule is COc1cccc(CN(C(=O)CN(c2ccc(Cl)cc2)S(C)(=O)=O)[C@@H](C)C(=O)NC(C)(C)C)c1. The van der Waals surface area contributed by atoms with Gasteiger partial charge in [0, 0.05) is 17.1 Å². The van der Waals surface area contributed by atoms with Crippen molar-refractivity contribution in [3.63, 3.8) is 0 Å². The molecule has 2 aromatic rings. The zero-order valence-corrected chi connectivity index (χ0v) is 21.9. The molecule has 1 N–H and O–H groups in total. The summed E-state index contributed by atoms with van der Waals surface area (Å²) < 4.78 is 31.3. The van der Waals surface area contributed by atoms with Crippen LogP contribution in [-0.2, 0) is 26.2 Å². The molecule has 0 bridgehead atoms. The van der Waals surface area contributed by atoms with E-state index in [-0.39, 0.29) is 12.5 Å². The highest BCUT2D eigenvalue weighted by Crippen LogP contribution is 2.22. The number of carbonyl (C=O) groups is 2. The number of benzene rings is 2. The Balaban J connectivity index is 2.41. The molecular formula is C24H32ClN3O5S. The molecule has 0 aliphatic rings. The standard InChI is InChI=1S/C24H32ClN3O5S/c1-17(23(30)26-24(2,3)4)27(15-18-8-7-9-21(14-18)33-5)22(29)16-28(34(6,31)32)20-12-10-19(25)11-13-20/h7-14,17H,15-16H2,1-6H3,(H,26,30)/t17-/m0/s1. The van der Waals surface area contributed by atoms with Crippen molar-refractivity contribution < 1.29 is 22.7 Å². The fourth-order valence-electron chi connectivity index (χ4n) is 3.25. The minimum atomic E-state index is -3.80. The second kappa shape index (κ2) is 11.1. The van der Waals surface area contributed by atoms with Gasteiger partial charge in [-0.1, -0.05) is 23.7 Å². The van der Waals surface area contributed by atoms with Gasteiger partial charge in [-0.05, 0) is 69.7 Å². The molecule has 0 radical (unpaired) electrons. The second-order valence-electron chi connectivity index (χ2n) is 9.03. The maximum atomic E-state index is 13.5. The van der Waals surface area contributed by atoms with E-state index in [1.54, 1.807) is 37.3 Å². The van der Waals surface area contributed by atoms with E-state index in [0.29, 0.717) is 16.5 Å². The quantitative estimate of drug-likeness (QED) is 0.558. The molecule has 2 rings (SSSR count). The summed E-state index contributed by atoms with van der Waals surface area (Å²) in [6.45, 7) is 6.77. The molecule has 34 heavy (non-hydrogen) atoms. The second-order valence-corrected chi connectivity index (χ2v) is 11.4. The summed E-state index contributed by atoms with van der Waals surface area (Å²) in [5, 5.41) is 3.32. The average Bonchev–Trinajstić information content (AvgIpc) is 2.74. The number of methoxy groups -OCH3 is 1. The molecule has 8 nitrogen and oxygen atoms in total. The summed E-state index contributed by atoms with van der Waals surface area (Å²) >= 11 is 5.93. The Morgan fingerprint density at radius 3 is 2.26 bits per heavy atom. The van der Waals surface area contributed by atoms with Crippen LogP contribution in [0.25, 0.3) is 0 Å². The van der Waals surface area contributed by atoms with Crippen molar-refractivity contribution in [1.82, 2.24) is 10.2 Å². The van der Waals surface area contributed by atoms with E-state index < -0.39 is 34.1 Å². The molecule has 0 aliphatic carbocycles. The highest BCUT2D eigenvalue weighted by molar-refractivity contribution is 7.92. The summed E-state index contributed by atoms with van der Waals surface area (Å²) in [4.78, 5) is 27.8. The normalized spacial score (nSPS) is 12.6. The molecule has 0 aliphatic heterocycles. The number of amides is 2. The average molecular weight is 510 g/mol. The van der Waals surface area contributed by atoms with Crippen LogP contribution in [0.4, 0.5) is 5.69 Å².